The monoisotopic (exact) mass is 420 g/mol. The number of nitrogens with one attached hydrogen (secondary N) is 2. The summed E-state index contributed by atoms with van der Waals surface area (Å²) < 4.78 is 76.1. The number of hydrogen-bond acceptors (Lipinski definition) is 3. The summed E-state index contributed by atoms with van der Waals surface area (Å²) in [6, 6.07) is 4.62. The first-order chi connectivity index (χ1) is 13.4. The van der Waals surface area contributed by atoms with Crippen molar-refractivity contribution in [2.24, 2.45) is 5.92 Å². The van der Waals surface area contributed by atoms with Crippen LogP contribution in [0.25, 0.3) is 0 Å². The van der Waals surface area contributed by atoms with E-state index in [4.69, 9.17) is 0 Å². The van der Waals surface area contributed by atoms with Gasteiger partial charge < -0.3 is 10.2 Å². The molecule has 0 spiro atoms. The minimum absolute atomic E-state index is 0.0661. The summed E-state index contributed by atoms with van der Waals surface area (Å²) in [6.07, 6.45) is -9.23. The van der Waals surface area contributed by atoms with Gasteiger partial charge in [0.2, 0.25) is 11.8 Å². The van der Waals surface area contributed by atoms with Crippen molar-refractivity contribution >= 4 is 17.6 Å². The highest BCUT2D eigenvalue weighted by Crippen LogP contribution is 2.36. The quantitative estimate of drug-likeness (QED) is 0.591. The zero-order valence-electron chi connectivity index (χ0n) is 14.7. The third-order valence-electron chi connectivity index (χ3n) is 4.60. The van der Waals surface area contributed by atoms with Crippen molar-refractivity contribution in [1.82, 2.24) is 15.1 Å². The van der Waals surface area contributed by atoms with Gasteiger partial charge in [0.25, 0.3) is 0 Å². The highest BCUT2D eigenvalue weighted by molar-refractivity contribution is 6.08. The van der Waals surface area contributed by atoms with Crippen LogP contribution in [0.5, 0.6) is 0 Å². The van der Waals surface area contributed by atoms with Gasteiger partial charge >= 0.3 is 12.4 Å². The largest absolute Gasteiger partial charge is 0.432 e. The molecule has 0 aliphatic carbocycles. The van der Waals surface area contributed by atoms with Gasteiger partial charge in [0.15, 0.2) is 5.82 Å². The van der Waals surface area contributed by atoms with Gasteiger partial charge in [-0.05, 0) is 17.7 Å². The topological polar surface area (TPSA) is 78.1 Å². The number of H-pyrrole nitrogens is 1. The Morgan fingerprint density at radius 1 is 1.14 bits per heavy atom. The van der Waals surface area contributed by atoms with Crippen molar-refractivity contribution in [3.8, 4) is 0 Å². The lowest BCUT2D eigenvalue weighted by Crippen LogP contribution is -2.32. The zero-order valence-corrected chi connectivity index (χ0v) is 14.7. The van der Waals surface area contributed by atoms with Crippen LogP contribution in [0.4, 0.5) is 32.2 Å². The molecule has 12 heteroatoms. The van der Waals surface area contributed by atoms with Crippen LogP contribution in [-0.4, -0.2) is 40.5 Å². The van der Waals surface area contributed by atoms with E-state index >= 15 is 0 Å². The molecule has 1 fully saturated rings. The summed E-state index contributed by atoms with van der Waals surface area (Å²) >= 11 is 0. The van der Waals surface area contributed by atoms with E-state index in [-0.39, 0.29) is 6.54 Å². The first-order valence-electron chi connectivity index (χ1n) is 8.23. The summed E-state index contributed by atoms with van der Waals surface area (Å²) in [6.45, 7) is 0.0661. The third-order valence-corrected chi connectivity index (χ3v) is 4.60. The van der Waals surface area contributed by atoms with Crippen LogP contribution in [0.3, 0.4) is 0 Å². The van der Waals surface area contributed by atoms with Crippen LogP contribution in [-0.2, 0) is 21.9 Å². The van der Waals surface area contributed by atoms with Crippen molar-refractivity contribution in [1.29, 1.82) is 0 Å². The second-order valence-electron chi connectivity index (χ2n) is 6.58. The number of rotatable bonds is 3. The highest BCUT2D eigenvalue weighted by atomic mass is 19.4. The first-order valence-corrected chi connectivity index (χ1v) is 8.23. The Bertz CT molecular complexity index is 919. The van der Waals surface area contributed by atoms with Gasteiger partial charge in [0.1, 0.15) is 11.6 Å². The molecule has 2 amide bonds. The van der Waals surface area contributed by atoms with E-state index in [0.29, 0.717) is 11.6 Å². The van der Waals surface area contributed by atoms with Crippen molar-refractivity contribution in [2.75, 3.05) is 18.9 Å². The number of carbonyl (C=O) groups is 2. The van der Waals surface area contributed by atoms with Gasteiger partial charge in [0.05, 0.1) is 5.56 Å². The molecule has 2 atom stereocenters. The number of likely N-dealkylation sites (N-methyl/N-ethyl adjacent to an activating group) is 1. The van der Waals surface area contributed by atoms with Gasteiger partial charge in [0, 0.05) is 25.6 Å². The second kappa shape index (κ2) is 7.08. The van der Waals surface area contributed by atoms with Gasteiger partial charge in [-0.3, -0.25) is 14.7 Å². The van der Waals surface area contributed by atoms with Crippen molar-refractivity contribution in [3.63, 3.8) is 0 Å². The van der Waals surface area contributed by atoms with E-state index in [1.165, 1.54) is 24.1 Å². The number of aromatic nitrogens is 2. The Hall–Kier alpha value is -3.05. The number of likely N-dealkylation sites (tertiary alicyclic amines) is 1. The summed E-state index contributed by atoms with van der Waals surface area (Å²) in [4.78, 5) is 26.2. The van der Waals surface area contributed by atoms with Crippen LogP contribution in [0.15, 0.2) is 30.3 Å². The molecular weight excluding hydrogens is 406 g/mol. The lowest BCUT2D eigenvalue weighted by Gasteiger charge is -2.17. The fourth-order valence-electron chi connectivity index (χ4n) is 3.15. The molecule has 0 unspecified atom stereocenters. The number of halogens is 6. The average molecular weight is 420 g/mol. The normalized spacial score (nSPS) is 20.2. The predicted molar refractivity (Wildman–Crippen MR) is 87.5 cm³/mol. The molecule has 1 aliphatic heterocycles. The van der Waals surface area contributed by atoms with Crippen molar-refractivity contribution in [2.45, 2.75) is 18.3 Å². The average Bonchev–Trinajstić information content (AvgIpc) is 3.19. The summed E-state index contributed by atoms with van der Waals surface area (Å²) in [7, 11) is 1.42. The molecule has 1 aliphatic rings. The third kappa shape index (κ3) is 4.20. The van der Waals surface area contributed by atoms with Gasteiger partial charge in [-0.15, -0.1) is 0 Å². The maximum Gasteiger partial charge on any atom is 0.432 e. The van der Waals surface area contributed by atoms with Crippen LogP contribution in [0.2, 0.25) is 0 Å². The Morgan fingerprint density at radius 3 is 2.28 bits per heavy atom. The number of alkyl halides is 6. The molecule has 29 heavy (non-hydrogen) atoms. The van der Waals surface area contributed by atoms with Crippen LogP contribution < -0.4 is 5.32 Å². The highest BCUT2D eigenvalue weighted by Gasteiger charge is 2.45. The molecule has 0 saturated carbocycles. The molecule has 1 saturated heterocycles. The van der Waals surface area contributed by atoms with E-state index in [9.17, 15) is 35.9 Å². The molecule has 2 N–H and O–H groups in total. The molecule has 1 aromatic heterocycles. The Morgan fingerprint density at radius 2 is 1.76 bits per heavy atom. The molecule has 6 nitrogen and oxygen atoms in total. The van der Waals surface area contributed by atoms with Gasteiger partial charge in [-0.1, -0.05) is 12.1 Å². The maximum absolute atomic E-state index is 12.7. The number of amides is 2. The van der Waals surface area contributed by atoms with Crippen LogP contribution in [0, 0.1) is 5.92 Å². The van der Waals surface area contributed by atoms with E-state index in [1.54, 1.807) is 5.10 Å². The molecular formula is C17H14F6N4O2. The number of benzene rings is 1. The number of nitrogens with zero attached hydrogens (tertiary/aromatic N) is 2. The molecule has 2 heterocycles. The van der Waals surface area contributed by atoms with E-state index in [0.717, 1.165) is 12.1 Å². The van der Waals surface area contributed by atoms with E-state index < -0.39 is 53.1 Å². The Labute approximate surface area is 159 Å². The lowest BCUT2D eigenvalue weighted by molar-refractivity contribution is -0.141. The molecule has 2 aromatic rings. The molecule has 1 aromatic carbocycles. The predicted octanol–water partition coefficient (Wildman–Crippen LogP) is 3.26. The van der Waals surface area contributed by atoms with Crippen molar-refractivity contribution in [3.05, 3.63) is 47.2 Å². The van der Waals surface area contributed by atoms with Crippen LogP contribution in [0.1, 0.15) is 22.7 Å². The number of anilines is 1. The lowest BCUT2D eigenvalue weighted by atomic mass is 9.87. The van der Waals surface area contributed by atoms with Crippen molar-refractivity contribution < 1.29 is 35.9 Å². The first kappa shape index (κ1) is 20.7. The van der Waals surface area contributed by atoms with Gasteiger partial charge in [-0.25, -0.2) is 0 Å². The summed E-state index contributed by atoms with van der Waals surface area (Å²) in [5.41, 5.74) is -1.73. The standard InChI is InChI=1S/C17H14F6N4O2/c1-27-7-10(8-2-4-9(5-3-8)16(18,19)20)13(15(27)29)14(28)24-12-6-11(25-26-12)17(21,22)23/h2-6,10,13H,7H2,1H3,(H2,24,25,26,28)/t10-,13+/m0/s1. The van der Waals surface area contributed by atoms with E-state index in [2.05, 4.69) is 10.4 Å². The zero-order chi connectivity index (χ0) is 21.6. The number of aromatic amines is 1. The number of carbonyl (C=O) groups excluding carboxylic acids is 2. The van der Waals surface area contributed by atoms with Crippen LogP contribution >= 0.6 is 0 Å². The smallest absolute Gasteiger partial charge is 0.344 e. The Balaban J connectivity index is 1.82. The molecule has 156 valence electrons. The number of hydrogen-bond donors (Lipinski definition) is 2. The summed E-state index contributed by atoms with van der Waals surface area (Å²) in [5, 5.41) is 7.23. The Kier molecular flexibility index (Phi) is 5.05. The maximum atomic E-state index is 12.7. The SMILES string of the molecule is CN1C[C@@H](c2ccc(C(F)(F)F)cc2)[C@H](C(=O)Nc2cc(C(F)(F)F)[nH]n2)C1=O. The molecule has 0 bridgehead atoms. The molecule has 0 radical (unpaired) electrons. The molecule has 3 rings (SSSR count). The van der Waals surface area contributed by atoms with E-state index in [1.807, 2.05) is 0 Å². The second-order valence-corrected chi connectivity index (χ2v) is 6.58. The fraction of sp³-hybridized carbons (Fsp3) is 0.353. The minimum Gasteiger partial charge on any atom is -0.344 e. The van der Waals surface area contributed by atoms with Gasteiger partial charge in [-0.2, -0.15) is 31.4 Å². The minimum atomic E-state index is -4.69. The summed E-state index contributed by atoms with van der Waals surface area (Å²) in [5.74, 6) is -4.00. The fourth-order valence-corrected chi connectivity index (χ4v) is 3.15.